The summed E-state index contributed by atoms with van der Waals surface area (Å²) < 4.78 is 0. The number of benzene rings is 1. The Morgan fingerprint density at radius 3 is 2.47 bits per heavy atom. The minimum absolute atomic E-state index is 0.502. The number of rotatable bonds is 5. The van der Waals surface area contributed by atoms with Gasteiger partial charge in [-0.2, -0.15) is 0 Å². The lowest BCUT2D eigenvalue weighted by Crippen LogP contribution is -2.18. The van der Waals surface area contributed by atoms with Crippen LogP contribution in [-0.4, -0.2) is 6.54 Å². The van der Waals surface area contributed by atoms with Crippen LogP contribution >= 0.6 is 11.3 Å². The second kappa shape index (κ2) is 5.99. The first-order valence-electron chi connectivity index (χ1n) is 6.23. The van der Waals surface area contributed by atoms with E-state index < -0.39 is 0 Å². The van der Waals surface area contributed by atoms with Crippen molar-refractivity contribution in [1.82, 2.24) is 5.32 Å². The molecule has 1 heterocycles. The Bertz CT molecular complexity index is 447. The molecule has 0 aliphatic rings. The quantitative estimate of drug-likeness (QED) is 0.819. The smallest absolute Gasteiger partial charge is 0.0412 e. The van der Waals surface area contributed by atoms with Crippen molar-refractivity contribution >= 4 is 11.3 Å². The molecular formula is C15H19NS. The Labute approximate surface area is 108 Å². The number of hydrogen-bond acceptors (Lipinski definition) is 2. The lowest BCUT2D eigenvalue weighted by molar-refractivity contribution is 0.545. The van der Waals surface area contributed by atoms with Crippen LogP contribution in [0.2, 0.25) is 0 Å². The van der Waals surface area contributed by atoms with E-state index in [0.717, 1.165) is 13.0 Å². The molecule has 0 aliphatic heterocycles. The Balaban J connectivity index is 2.21. The molecule has 90 valence electrons. The average molecular weight is 245 g/mol. The maximum absolute atomic E-state index is 3.52. The molecule has 0 bridgehead atoms. The molecular weight excluding hydrogens is 226 g/mol. The van der Waals surface area contributed by atoms with Crippen molar-refractivity contribution in [3.8, 4) is 10.4 Å². The van der Waals surface area contributed by atoms with Gasteiger partial charge in [-0.05, 0) is 30.7 Å². The second-order valence-electron chi connectivity index (χ2n) is 4.09. The molecule has 2 rings (SSSR count). The topological polar surface area (TPSA) is 12.0 Å². The van der Waals surface area contributed by atoms with Gasteiger partial charge < -0.3 is 5.32 Å². The van der Waals surface area contributed by atoms with Gasteiger partial charge in [0.1, 0.15) is 0 Å². The molecule has 2 aromatic rings. The lowest BCUT2D eigenvalue weighted by atomic mass is 10.1. The third-order valence-electron chi connectivity index (χ3n) is 2.89. The molecule has 0 spiro atoms. The van der Waals surface area contributed by atoms with E-state index in [-0.39, 0.29) is 0 Å². The van der Waals surface area contributed by atoms with Crippen LogP contribution in [0.3, 0.4) is 0 Å². The Hall–Kier alpha value is -1.12. The zero-order valence-electron chi connectivity index (χ0n) is 10.4. The highest BCUT2D eigenvalue weighted by Gasteiger charge is 2.10. The molecule has 0 saturated heterocycles. The summed E-state index contributed by atoms with van der Waals surface area (Å²) in [5.41, 5.74) is 1.31. The minimum Gasteiger partial charge on any atom is -0.310 e. The van der Waals surface area contributed by atoms with Gasteiger partial charge in [0, 0.05) is 15.8 Å². The minimum atomic E-state index is 0.502. The molecule has 2 heteroatoms. The highest BCUT2D eigenvalue weighted by molar-refractivity contribution is 7.15. The van der Waals surface area contributed by atoms with Crippen LogP contribution in [0.5, 0.6) is 0 Å². The molecule has 1 aromatic carbocycles. The summed E-state index contributed by atoms with van der Waals surface area (Å²) >= 11 is 1.90. The van der Waals surface area contributed by atoms with Gasteiger partial charge in [-0.15, -0.1) is 11.3 Å². The van der Waals surface area contributed by atoms with E-state index in [4.69, 9.17) is 0 Å². The third-order valence-corrected chi connectivity index (χ3v) is 4.14. The van der Waals surface area contributed by atoms with Crippen molar-refractivity contribution in [1.29, 1.82) is 0 Å². The van der Waals surface area contributed by atoms with E-state index >= 15 is 0 Å². The van der Waals surface area contributed by atoms with Gasteiger partial charge in [0.2, 0.25) is 0 Å². The summed E-state index contributed by atoms with van der Waals surface area (Å²) in [6.07, 6.45) is 1.14. The Morgan fingerprint density at radius 2 is 1.82 bits per heavy atom. The molecule has 17 heavy (non-hydrogen) atoms. The summed E-state index contributed by atoms with van der Waals surface area (Å²) in [6, 6.07) is 15.6. The highest BCUT2D eigenvalue weighted by atomic mass is 32.1. The van der Waals surface area contributed by atoms with E-state index in [2.05, 4.69) is 61.6 Å². The van der Waals surface area contributed by atoms with E-state index in [0.29, 0.717) is 6.04 Å². The summed E-state index contributed by atoms with van der Waals surface area (Å²) in [7, 11) is 0. The Kier molecular flexibility index (Phi) is 4.35. The van der Waals surface area contributed by atoms with Crippen LogP contribution in [-0.2, 0) is 0 Å². The second-order valence-corrected chi connectivity index (χ2v) is 5.20. The zero-order chi connectivity index (χ0) is 12.1. The predicted octanol–water partition coefficient (Wildman–Crippen LogP) is 4.48. The molecule has 1 nitrogen and oxygen atoms in total. The van der Waals surface area contributed by atoms with Crippen LogP contribution < -0.4 is 5.32 Å². The normalized spacial score (nSPS) is 12.6. The molecule has 1 unspecified atom stereocenters. The number of nitrogens with one attached hydrogen (secondary N) is 1. The fraction of sp³-hybridized carbons (Fsp3) is 0.333. The largest absolute Gasteiger partial charge is 0.310 e. The molecule has 1 N–H and O–H groups in total. The van der Waals surface area contributed by atoms with Crippen molar-refractivity contribution in [3.05, 3.63) is 47.3 Å². The molecule has 0 saturated carbocycles. The molecule has 0 fully saturated rings. The summed E-state index contributed by atoms with van der Waals surface area (Å²) in [4.78, 5) is 2.80. The van der Waals surface area contributed by atoms with Crippen LogP contribution in [0.25, 0.3) is 10.4 Å². The maximum atomic E-state index is 3.52. The lowest BCUT2D eigenvalue weighted by Gasteiger charge is -2.13. The molecule has 0 radical (unpaired) electrons. The van der Waals surface area contributed by atoms with Gasteiger partial charge >= 0.3 is 0 Å². The predicted molar refractivity (Wildman–Crippen MR) is 76.5 cm³/mol. The van der Waals surface area contributed by atoms with Crippen molar-refractivity contribution < 1.29 is 0 Å². The average Bonchev–Trinajstić information content (AvgIpc) is 2.86. The molecule has 0 aliphatic carbocycles. The van der Waals surface area contributed by atoms with Crippen LogP contribution in [0, 0.1) is 0 Å². The van der Waals surface area contributed by atoms with E-state index in [1.54, 1.807) is 0 Å². The number of hydrogen-bond donors (Lipinski definition) is 1. The van der Waals surface area contributed by atoms with E-state index in [9.17, 15) is 0 Å². The monoisotopic (exact) mass is 245 g/mol. The van der Waals surface area contributed by atoms with Crippen LogP contribution in [0.4, 0.5) is 0 Å². The van der Waals surface area contributed by atoms with E-state index in [1.807, 2.05) is 11.3 Å². The summed E-state index contributed by atoms with van der Waals surface area (Å²) in [5, 5.41) is 3.52. The van der Waals surface area contributed by atoms with Crippen molar-refractivity contribution in [2.24, 2.45) is 0 Å². The first-order chi connectivity index (χ1) is 8.35. The van der Waals surface area contributed by atoms with Gasteiger partial charge in [-0.3, -0.25) is 0 Å². The van der Waals surface area contributed by atoms with Gasteiger partial charge in [-0.1, -0.05) is 44.2 Å². The maximum Gasteiger partial charge on any atom is 0.0412 e. The van der Waals surface area contributed by atoms with Crippen LogP contribution in [0.1, 0.15) is 31.2 Å². The van der Waals surface area contributed by atoms with Gasteiger partial charge in [0.25, 0.3) is 0 Å². The van der Waals surface area contributed by atoms with Crippen LogP contribution in [0.15, 0.2) is 42.5 Å². The molecule has 1 aromatic heterocycles. The first kappa shape index (κ1) is 12.3. The zero-order valence-corrected chi connectivity index (χ0v) is 11.3. The molecule has 1 atom stereocenters. The van der Waals surface area contributed by atoms with Gasteiger partial charge in [-0.25, -0.2) is 0 Å². The van der Waals surface area contributed by atoms with Crippen molar-refractivity contribution in [2.75, 3.05) is 6.54 Å². The third kappa shape index (κ3) is 2.96. The summed E-state index contributed by atoms with van der Waals surface area (Å²) in [5.74, 6) is 0. The van der Waals surface area contributed by atoms with Gasteiger partial charge in [0.05, 0.1) is 0 Å². The van der Waals surface area contributed by atoms with E-state index in [1.165, 1.54) is 15.3 Å². The standard InChI is InChI=1S/C15H19NS/c1-3-13(16-4-2)15-11-10-14(17-15)12-8-6-5-7-9-12/h5-11,13,16H,3-4H2,1-2H3. The summed E-state index contributed by atoms with van der Waals surface area (Å²) in [6.45, 7) is 5.42. The fourth-order valence-electron chi connectivity index (χ4n) is 1.99. The Morgan fingerprint density at radius 1 is 1.06 bits per heavy atom. The SMILES string of the molecule is CCNC(CC)c1ccc(-c2ccccc2)s1. The van der Waals surface area contributed by atoms with Crippen molar-refractivity contribution in [2.45, 2.75) is 26.3 Å². The molecule has 0 amide bonds. The first-order valence-corrected chi connectivity index (χ1v) is 7.05. The fourth-order valence-corrected chi connectivity index (χ4v) is 3.16. The number of thiophene rings is 1. The van der Waals surface area contributed by atoms with Crippen molar-refractivity contribution in [3.63, 3.8) is 0 Å². The highest BCUT2D eigenvalue weighted by Crippen LogP contribution is 2.32. The van der Waals surface area contributed by atoms with Gasteiger partial charge in [0.15, 0.2) is 0 Å².